The number of ether oxygens (including phenoxy) is 2. The van der Waals surface area contributed by atoms with E-state index in [2.05, 4.69) is 4.52 Å². The van der Waals surface area contributed by atoms with Crippen molar-refractivity contribution in [2.75, 3.05) is 13.2 Å². The van der Waals surface area contributed by atoms with Gasteiger partial charge in [-0.3, -0.25) is 0 Å². The molecule has 0 radical (unpaired) electrons. The van der Waals surface area contributed by atoms with Crippen molar-refractivity contribution in [1.29, 1.82) is 0 Å². The first-order valence-corrected chi connectivity index (χ1v) is 10.3. The number of hydrogen-bond donors (Lipinski definition) is 10. The lowest BCUT2D eigenvalue weighted by atomic mass is 10.0. The molecule has 2 heterocycles. The van der Waals surface area contributed by atoms with Crippen molar-refractivity contribution in [3.8, 4) is 0 Å². The lowest BCUT2D eigenvalue weighted by molar-refractivity contribution is -0.249. The second-order valence-electron chi connectivity index (χ2n) is 6.15. The van der Waals surface area contributed by atoms with Crippen LogP contribution in [0, 0.1) is 0 Å². The van der Waals surface area contributed by atoms with Gasteiger partial charge in [0.25, 0.3) is 0 Å². The Labute approximate surface area is 158 Å². The summed E-state index contributed by atoms with van der Waals surface area (Å²) >= 11 is 0.656. The van der Waals surface area contributed by atoms with Gasteiger partial charge < -0.3 is 45.2 Å². The van der Waals surface area contributed by atoms with E-state index in [0.717, 1.165) is 0 Å². The summed E-state index contributed by atoms with van der Waals surface area (Å²) < 4.78 is 14.7. The highest BCUT2D eigenvalue weighted by atomic mass is 32.2. The summed E-state index contributed by atoms with van der Waals surface area (Å²) in [7, 11) is -4.63. The Hall–Kier alpha value is 0.260. The third-order valence-corrected chi connectivity index (χ3v) is 6.26. The van der Waals surface area contributed by atoms with Gasteiger partial charge in [-0.15, -0.1) is 11.8 Å². The summed E-state index contributed by atoms with van der Waals surface area (Å²) in [5.74, 6) is 0. The minimum absolute atomic E-state index is 0.647. The van der Waals surface area contributed by atoms with Gasteiger partial charge in [-0.2, -0.15) is 19.2 Å². The van der Waals surface area contributed by atoms with E-state index in [9.17, 15) is 35.7 Å². The fourth-order valence-electron chi connectivity index (χ4n) is 2.73. The van der Waals surface area contributed by atoms with Crippen LogP contribution in [0.15, 0.2) is 0 Å². The van der Waals surface area contributed by atoms with Gasteiger partial charge in [0, 0.05) is 0 Å². The van der Waals surface area contributed by atoms with Crippen molar-refractivity contribution in [3.05, 3.63) is 0 Å². The van der Waals surface area contributed by atoms with E-state index in [-0.39, 0.29) is 0 Å². The van der Waals surface area contributed by atoms with Crippen molar-refractivity contribution >= 4 is 19.9 Å². The van der Waals surface area contributed by atoms with Gasteiger partial charge in [0.05, 0.1) is 24.1 Å². The predicted octanol–water partition coefficient (Wildman–Crippen LogP) is -5.00. The number of aliphatic hydroxyl groups excluding tert-OH is 7. The van der Waals surface area contributed by atoms with E-state index in [4.69, 9.17) is 24.2 Å². The summed E-state index contributed by atoms with van der Waals surface area (Å²) in [6, 6.07) is 0. The number of thioether (sulfide) groups is 1. The highest BCUT2D eigenvalue weighted by molar-refractivity contribution is 8.00. The van der Waals surface area contributed by atoms with Crippen LogP contribution >= 0.6 is 19.9 Å². The Morgan fingerprint density at radius 1 is 0.778 bits per heavy atom. The molecule has 2 fully saturated rings. The molecule has 2 rings (SSSR count). The van der Waals surface area contributed by atoms with Crippen LogP contribution in [-0.4, -0.2) is 123 Å². The summed E-state index contributed by atoms with van der Waals surface area (Å²) in [5, 5.41) is 67.6. The SMILES string of the molecule is OC[C@H]1O[C@@H](O)[C@H](O)[C@@H](O)[C@@H]1S[C@@H]1O[C@@H](CO[P+](O)(O)O)[C@@H](O)[C@H](O)[C@H]1O. The minimum atomic E-state index is -4.63. The van der Waals surface area contributed by atoms with Crippen LogP contribution in [0.5, 0.6) is 0 Å². The average Bonchev–Trinajstić information content (AvgIpc) is 2.60. The largest absolute Gasteiger partial charge is 0.567 e. The van der Waals surface area contributed by atoms with Crippen LogP contribution in [0.2, 0.25) is 0 Å². The number of rotatable bonds is 6. The molecule has 27 heavy (non-hydrogen) atoms. The van der Waals surface area contributed by atoms with E-state index < -0.39 is 81.1 Å². The van der Waals surface area contributed by atoms with Crippen molar-refractivity contribution in [3.63, 3.8) is 0 Å². The maximum absolute atomic E-state index is 10.1. The molecule has 0 saturated carbocycles. The molecule has 0 aromatic rings. The summed E-state index contributed by atoms with van der Waals surface area (Å²) in [5.41, 5.74) is -1.33. The van der Waals surface area contributed by atoms with Crippen molar-refractivity contribution in [1.82, 2.24) is 0 Å². The molecule has 15 heteroatoms. The quantitative estimate of drug-likeness (QED) is 0.175. The summed E-state index contributed by atoms with van der Waals surface area (Å²) in [6.07, 6.45) is -12.7. The Bertz CT molecular complexity index is 479. The first-order valence-electron chi connectivity index (χ1n) is 7.83. The Balaban J connectivity index is 2.10. The molecular formula is C12H24O13PS+. The van der Waals surface area contributed by atoms with Gasteiger partial charge in [-0.05, 0) is 0 Å². The molecule has 0 bridgehead atoms. The zero-order valence-corrected chi connectivity index (χ0v) is 15.5. The van der Waals surface area contributed by atoms with Crippen LogP contribution in [0.25, 0.3) is 0 Å². The van der Waals surface area contributed by atoms with Crippen LogP contribution < -0.4 is 0 Å². The topological polar surface area (TPSA) is 230 Å². The molecular weight excluding hydrogens is 415 g/mol. The number of aliphatic hydroxyl groups is 7. The lowest BCUT2D eigenvalue weighted by Crippen LogP contribution is -2.61. The Morgan fingerprint density at radius 3 is 1.96 bits per heavy atom. The molecule has 2 aliphatic heterocycles. The van der Waals surface area contributed by atoms with Crippen molar-refractivity contribution in [2.45, 2.75) is 59.7 Å². The molecule has 0 aromatic heterocycles. The normalized spacial score (nSPS) is 46.4. The second-order valence-corrected chi connectivity index (χ2v) is 8.72. The molecule has 10 atom stereocenters. The Kier molecular flexibility index (Phi) is 8.18. The molecule has 0 amide bonds. The molecule has 10 N–H and O–H groups in total. The van der Waals surface area contributed by atoms with Gasteiger partial charge >= 0.3 is 8.17 Å². The van der Waals surface area contributed by atoms with E-state index in [0.29, 0.717) is 11.8 Å². The highest BCUT2D eigenvalue weighted by Crippen LogP contribution is 2.46. The van der Waals surface area contributed by atoms with Crippen molar-refractivity contribution < 1.29 is 64.4 Å². The van der Waals surface area contributed by atoms with Gasteiger partial charge in [0.15, 0.2) is 6.29 Å². The molecule has 2 aliphatic rings. The standard InChI is InChI=1S/C12H24O13PS/c13-1-3-10(7(16)8(17)11(19)24-3)27-12-9(18)6(15)5(14)4(25-12)2-23-26(20,21)22/h3-22H,1-2H2/q+1/t3-,4+,5-,6+,7-,8-,9-,10-,11-,12+/m1/s1. The maximum Gasteiger partial charge on any atom is 0.567 e. The first kappa shape index (κ1) is 23.5. The molecule has 0 aromatic carbocycles. The van der Waals surface area contributed by atoms with E-state index in [1.54, 1.807) is 0 Å². The first-order chi connectivity index (χ1) is 12.5. The molecule has 0 aliphatic carbocycles. The Morgan fingerprint density at radius 2 is 1.41 bits per heavy atom. The summed E-state index contributed by atoms with van der Waals surface area (Å²) in [6.45, 7) is -1.39. The third kappa shape index (κ3) is 5.66. The molecule has 2 saturated heterocycles. The zero-order valence-electron chi connectivity index (χ0n) is 13.7. The maximum atomic E-state index is 10.1. The van der Waals surface area contributed by atoms with Crippen LogP contribution in [-0.2, 0) is 14.0 Å². The molecule has 160 valence electrons. The van der Waals surface area contributed by atoms with Crippen LogP contribution in [0.1, 0.15) is 0 Å². The van der Waals surface area contributed by atoms with E-state index >= 15 is 0 Å². The molecule has 0 unspecified atom stereocenters. The number of hydrogen-bond acceptors (Lipinski definition) is 14. The lowest BCUT2D eigenvalue weighted by Gasteiger charge is -2.44. The van der Waals surface area contributed by atoms with E-state index in [1.165, 1.54) is 0 Å². The van der Waals surface area contributed by atoms with Crippen LogP contribution in [0.4, 0.5) is 0 Å². The zero-order chi connectivity index (χ0) is 20.5. The van der Waals surface area contributed by atoms with Gasteiger partial charge in [0.2, 0.25) is 0 Å². The average molecular weight is 439 g/mol. The highest BCUT2D eigenvalue weighted by Gasteiger charge is 2.50. The summed E-state index contributed by atoms with van der Waals surface area (Å²) in [4.78, 5) is 26.6. The third-order valence-electron chi connectivity index (χ3n) is 4.21. The fraction of sp³-hybridized carbons (Fsp3) is 1.00. The monoisotopic (exact) mass is 439 g/mol. The predicted molar refractivity (Wildman–Crippen MR) is 87.6 cm³/mol. The van der Waals surface area contributed by atoms with E-state index in [1.807, 2.05) is 0 Å². The van der Waals surface area contributed by atoms with Gasteiger partial charge in [-0.25, -0.2) is 0 Å². The molecule has 13 nitrogen and oxygen atoms in total. The van der Waals surface area contributed by atoms with Crippen LogP contribution in [0.3, 0.4) is 0 Å². The smallest absolute Gasteiger partial charge is 0.394 e. The minimum Gasteiger partial charge on any atom is -0.394 e. The van der Waals surface area contributed by atoms with Gasteiger partial charge in [-0.1, -0.05) is 0 Å². The van der Waals surface area contributed by atoms with Gasteiger partial charge in [0.1, 0.15) is 42.6 Å². The fourth-order valence-corrected chi connectivity index (χ4v) is 4.56. The molecule has 0 spiro atoms. The van der Waals surface area contributed by atoms with Crippen molar-refractivity contribution in [2.24, 2.45) is 0 Å². The second kappa shape index (κ2) is 9.38.